The Morgan fingerprint density at radius 2 is 2.14 bits per heavy atom. The Balaban J connectivity index is 1.61. The van der Waals surface area contributed by atoms with Crippen LogP contribution in [-0.2, 0) is 9.53 Å². The van der Waals surface area contributed by atoms with E-state index < -0.39 is 5.97 Å². The Morgan fingerprint density at radius 3 is 2.73 bits per heavy atom. The van der Waals surface area contributed by atoms with E-state index in [1.807, 2.05) is 0 Å². The highest BCUT2D eigenvalue weighted by atomic mass is 32.1. The maximum Gasteiger partial charge on any atom is 0.350 e. The van der Waals surface area contributed by atoms with Crippen LogP contribution in [0.1, 0.15) is 42.3 Å². The Kier molecular flexibility index (Phi) is 4.49. The van der Waals surface area contributed by atoms with Crippen molar-refractivity contribution in [1.82, 2.24) is 4.90 Å². The molecule has 0 saturated heterocycles. The van der Waals surface area contributed by atoms with Crippen LogP contribution in [0.25, 0.3) is 0 Å². The number of nitrogens with zero attached hydrogens (tertiary/aromatic N) is 1. The molecule has 2 saturated carbocycles. The third-order valence-corrected chi connectivity index (χ3v) is 5.37. The van der Waals surface area contributed by atoms with Gasteiger partial charge < -0.3 is 10.1 Å². The number of carbonyl (C=O) groups excluding carboxylic acids is 2. The van der Waals surface area contributed by atoms with E-state index in [0.717, 1.165) is 5.92 Å². The zero-order valence-corrected chi connectivity index (χ0v) is 13.8. The van der Waals surface area contributed by atoms with Crippen molar-refractivity contribution in [3.63, 3.8) is 0 Å². The lowest BCUT2D eigenvalue weighted by molar-refractivity contribution is -0.118. The standard InChI is InChI=1S/C16H22N2O3S/c1-10(11-3-4-11)18(12-5-6-12)9-14(19)17-13-7-8-22-15(13)16(20)21-2/h7-8,10-12H,3-6,9H2,1-2H3,(H,17,19). The van der Waals surface area contributed by atoms with Crippen molar-refractivity contribution in [1.29, 1.82) is 0 Å². The first-order valence-corrected chi connectivity index (χ1v) is 8.69. The molecule has 2 aliphatic rings. The molecule has 0 bridgehead atoms. The molecule has 2 fully saturated rings. The normalized spacial score (nSPS) is 19.0. The number of thiophene rings is 1. The second-order valence-corrected chi connectivity index (χ2v) is 7.10. The van der Waals surface area contributed by atoms with Crippen LogP contribution in [0.15, 0.2) is 11.4 Å². The molecule has 6 heteroatoms. The van der Waals surface area contributed by atoms with E-state index in [-0.39, 0.29) is 5.91 Å². The molecule has 1 aromatic heterocycles. The molecule has 0 spiro atoms. The molecule has 5 nitrogen and oxygen atoms in total. The fraction of sp³-hybridized carbons (Fsp3) is 0.625. The van der Waals surface area contributed by atoms with Gasteiger partial charge in [0.15, 0.2) is 0 Å². The van der Waals surface area contributed by atoms with Crippen molar-refractivity contribution < 1.29 is 14.3 Å². The van der Waals surface area contributed by atoms with Gasteiger partial charge in [-0.15, -0.1) is 11.3 Å². The lowest BCUT2D eigenvalue weighted by Gasteiger charge is -2.28. The first kappa shape index (κ1) is 15.5. The van der Waals surface area contributed by atoms with Crippen LogP contribution in [0.4, 0.5) is 5.69 Å². The highest BCUT2D eigenvalue weighted by Gasteiger charge is 2.39. The van der Waals surface area contributed by atoms with E-state index in [1.165, 1.54) is 44.1 Å². The molecule has 22 heavy (non-hydrogen) atoms. The smallest absolute Gasteiger partial charge is 0.350 e. The van der Waals surface area contributed by atoms with Gasteiger partial charge in [0.1, 0.15) is 4.88 Å². The number of rotatable bonds is 7. The molecule has 1 N–H and O–H groups in total. The monoisotopic (exact) mass is 322 g/mol. The fourth-order valence-corrected chi connectivity index (χ4v) is 3.64. The van der Waals surface area contributed by atoms with Gasteiger partial charge in [0, 0.05) is 12.1 Å². The number of ether oxygens (including phenoxy) is 1. The predicted molar refractivity (Wildman–Crippen MR) is 86.2 cm³/mol. The third kappa shape index (κ3) is 3.50. The minimum atomic E-state index is -0.407. The minimum absolute atomic E-state index is 0.0528. The van der Waals surface area contributed by atoms with Gasteiger partial charge >= 0.3 is 5.97 Å². The third-order valence-electron chi connectivity index (χ3n) is 4.48. The number of nitrogens with one attached hydrogen (secondary N) is 1. The molecule has 2 aliphatic carbocycles. The molecule has 1 heterocycles. The van der Waals surface area contributed by atoms with Crippen LogP contribution in [-0.4, -0.2) is 42.5 Å². The highest BCUT2D eigenvalue weighted by Crippen LogP contribution is 2.39. The maximum absolute atomic E-state index is 12.4. The first-order chi connectivity index (χ1) is 10.6. The van der Waals surface area contributed by atoms with E-state index in [9.17, 15) is 9.59 Å². The summed E-state index contributed by atoms with van der Waals surface area (Å²) in [7, 11) is 1.35. The molecule has 0 aliphatic heterocycles. The first-order valence-electron chi connectivity index (χ1n) is 7.81. The second-order valence-electron chi connectivity index (χ2n) is 6.18. The average molecular weight is 322 g/mol. The van der Waals surface area contributed by atoms with Gasteiger partial charge in [0.2, 0.25) is 5.91 Å². The van der Waals surface area contributed by atoms with Crippen LogP contribution in [0.5, 0.6) is 0 Å². The van der Waals surface area contributed by atoms with Gasteiger partial charge in [-0.3, -0.25) is 9.69 Å². The van der Waals surface area contributed by atoms with Gasteiger partial charge in [-0.1, -0.05) is 0 Å². The quantitative estimate of drug-likeness (QED) is 0.784. The van der Waals surface area contributed by atoms with E-state index in [0.29, 0.717) is 29.2 Å². The van der Waals surface area contributed by atoms with E-state index >= 15 is 0 Å². The summed E-state index contributed by atoms with van der Waals surface area (Å²) < 4.78 is 4.73. The number of esters is 1. The highest BCUT2D eigenvalue weighted by molar-refractivity contribution is 7.12. The lowest BCUT2D eigenvalue weighted by atomic mass is 10.1. The molecule has 3 rings (SSSR count). The molecule has 1 amide bonds. The Bertz CT molecular complexity index is 563. The second kappa shape index (κ2) is 6.38. The zero-order chi connectivity index (χ0) is 15.7. The summed E-state index contributed by atoms with van der Waals surface area (Å²) in [6, 6.07) is 2.78. The van der Waals surface area contributed by atoms with Gasteiger partial charge in [0.05, 0.1) is 19.3 Å². The largest absolute Gasteiger partial charge is 0.465 e. The summed E-state index contributed by atoms with van der Waals surface area (Å²) in [6.45, 7) is 2.63. The molecule has 1 atom stereocenters. The predicted octanol–water partition coefficient (Wildman–Crippen LogP) is 2.74. The van der Waals surface area contributed by atoms with Gasteiger partial charge in [-0.05, 0) is 50.0 Å². The van der Waals surface area contributed by atoms with Crippen molar-refractivity contribution in [2.45, 2.75) is 44.7 Å². The summed E-state index contributed by atoms with van der Waals surface area (Å²) in [6.07, 6.45) is 4.94. The Labute approximate surface area is 134 Å². The molecule has 1 unspecified atom stereocenters. The van der Waals surface area contributed by atoms with Gasteiger partial charge in [-0.25, -0.2) is 4.79 Å². The van der Waals surface area contributed by atoms with Crippen LogP contribution < -0.4 is 5.32 Å². The van der Waals surface area contributed by atoms with Gasteiger partial charge in [-0.2, -0.15) is 0 Å². The number of hydrogen-bond acceptors (Lipinski definition) is 5. The lowest BCUT2D eigenvalue weighted by Crippen LogP contribution is -2.42. The Morgan fingerprint density at radius 1 is 1.41 bits per heavy atom. The zero-order valence-electron chi connectivity index (χ0n) is 13.0. The van der Waals surface area contributed by atoms with E-state index in [1.54, 1.807) is 11.4 Å². The summed E-state index contributed by atoms with van der Waals surface area (Å²) in [5.41, 5.74) is 0.552. The van der Waals surface area contributed by atoms with E-state index in [4.69, 9.17) is 4.74 Å². The summed E-state index contributed by atoms with van der Waals surface area (Å²) in [4.78, 5) is 26.8. The minimum Gasteiger partial charge on any atom is -0.465 e. The number of amides is 1. The van der Waals surface area contributed by atoms with Crippen LogP contribution in [0.3, 0.4) is 0 Å². The van der Waals surface area contributed by atoms with Gasteiger partial charge in [0.25, 0.3) is 0 Å². The molecule has 120 valence electrons. The molecule has 1 aromatic rings. The van der Waals surface area contributed by atoms with Crippen LogP contribution in [0, 0.1) is 5.92 Å². The number of methoxy groups -OCH3 is 1. The van der Waals surface area contributed by atoms with Crippen LogP contribution >= 0.6 is 11.3 Å². The van der Waals surface area contributed by atoms with Crippen molar-refractivity contribution in [2.75, 3.05) is 19.0 Å². The summed E-state index contributed by atoms with van der Waals surface area (Å²) in [5.74, 6) is 0.291. The van der Waals surface area contributed by atoms with E-state index in [2.05, 4.69) is 17.1 Å². The topological polar surface area (TPSA) is 58.6 Å². The van der Waals surface area contributed by atoms with Crippen LogP contribution in [0.2, 0.25) is 0 Å². The average Bonchev–Trinajstić information content (AvgIpc) is 3.41. The van der Waals surface area contributed by atoms with Crippen molar-refractivity contribution in [3.05, 3.63) is 16.3 Å². The molecular weight excluding hydrogens is 300 g/mol. The SMILES string of the molecule is COC(=O)c1sccc1NC(=O)CN(C1CC1)C(C)C1CC1. The maximum atomic E-state index is 12.4. The summed E-state index contributed by atoms with van der Waals surface area (Å²) in [5, 5.41) is 4.65. The Hall–Kier alpha value is -1.40. The molecule has 0 radical (unpaired) electrons. The number of anilines is 1. The fourth-order valence-electron chi connectivity index (χ4n) is 2.88. The van der Waals surface area contributed by atoms with Crippen molar-refractivity contribution in [3.8, 4) is 0 Å². The molecular formula is C16H22N2O3S. The molecule has 0 aromatic carbocycles. The number of carbonyl (C=O) groups is 2. The summed E-state index contributed by atoms with van der Waals surface area (Å²) >= 11 is 1.28. The van der Waals surface area contributed by atoms with Crippen molar-refractivity contribution >= 4 is 28.9 Å². The number of hydrogen-bond donors (Lipinski definition) is 1. The van der Waals surface area contributed by atoms with Crippen molar-refractivity contribution in [2.24, 2.45) is 5.92 Å².